The molecule has 0 bridgehead atoms. The summed E-state index contributed by atoms with van der Waals surface area (Å²) in [5.74, 6) is -2.14. The number of carbonyl (C=O) groups is 1. The number of hydrogen-bond acceptors (Lipinski definition) is 4. The van der Waals surface area contributed by atoms with Crippen molar-refractivity contribution in [1.29, 1.82) is 0 Å². The fraction of sp³-hybridized carbons (Fsp3) is 0.286. The van der Waals surface area contributed by atoms with Crippen LogP contribution in [0.2, 0.25) is 0 Å². The fourth-order valence-corrected chi connectivity index (χ4v) is 2.01. The van der Waals surface area contributed by atoms with Gasteiger partial charge in [-0.25, -0.2) is 13.6 Å². The van der Waals surface area contributed by atoms with Crippen LogP contribution in [0.15, 0.2) is 18.2 Å². The second-order valence-electron chi connectivity index (χ2n) is 4.54. The molecule has 7 heteroatoms. The second-order valence-corrected chi connectivity index (χ2v) is 4.54. The summed E-state index contributed by atoms with van der Waals surface area (Å²) in [6, 6.07) is 2.94. The molecule has 1 heterocycles. The van der Waals surface area contributed by atoms with Gasteiger partial charge in [-0.15, -0.1) is 0 Å². The van der Waals surface area contributed by atoms with Crippen molar-refractivity contribution in [3.8, 4) is 0 Å². The lowest BCUT2D eigenvalue weighted by Gasteiger charge is -2.06. The molecule has 112 valence electrons. The zero-order valence-corrected chi connectivity index (χ0v) is 11.7. The van der Waals surface area contributed by atoms with Gasteiger partial charge in [-0.1, -0.05) is 6.92 Å². The standard InChI is InChI=1S/C14H15F2N3O2/c1-3-11-12(17)13(19(2)18-11)14(20)21-7-8-4-9(15)6-10(16)5-8/h4-6H,3,7,17H2,1-2H3. The summed E-state index contributed by atoms with van der Waals surface area (Å²) in [6.45, 7) is 1.61. The van der Waals surface area contributed by atoms with E-state index in [9.17, 15) is 13.6 Å². The van der Waals surface area contributed by atoms with Crippen LogP contribution >= 0.6 is 0 Å². The molecule has 0 amide bonds. The number of esters is 1. The first-order valence-corrected chi connectivity index (χ1v) is 6.35. The lowest BCUT2D eigenvalue weighted by Crippen LogP contribution is -2.12. The first kappa shape index (κ1) is 15.0. The van der Waals surface area contributed by atoms with E-state index in [1.165, 1.54) is 4.68 Å². The molecular formula is C14H15F2N3O2. The molecule has 0 aliphatic heterocycles. The molecule has 0 saturated carbocycles. The molecule has 2 rings (SSSR count). The summed E-state index contributed by atoms with van der Waals surface area (Å²) in [6.07, 6.45) is 0.585. The predicted octanol–water partition coefficient (Wildman–Crippen LogP) is 2.20. The average Bonchev–Trinajstić information content (AvgIpc) is 2.69. The molecule has 0 unspecified atom stereocenters. The first-order valence-electron chi connectivity index (χ1n) is 6.35. The van der Waals surface area contributed by atoms with Crippen molar-refractivity contribution in [3.05, 3.63) is 46.8 Å². The monoisotopic (exact) mass is 295 g/mol. The molecule has 5 nitrogen and oxygen atoms in total. The molecule has 2 aromatic rings. The van der Waals surface area contributed by atoms with Crippen LogP contribution in [0.5, 0.6) is 0 Å². The van der Waals surface area contributed by atoms with E-state index in [2.05, 4.69) is 5.10 Å². The quantitative estimate of drug-likeness (QED) is 0.878. The van der Waals surface area contributed by atoms with Gasteiger partial charge in [0, 0.05) is 13.1 Å². The van der Waals surface area contributed by atoms with E-state index in [4.69, 9.17) is 10.5 Å². The third kappa shape index (κ3) is 3.18. The normalized spacial score (nSPS) is 10.7. The van der Waals surface area contributed by atoms with Crippen LogP contribution < -0.4 is 5.73 Å². The zero-order valence-electron chi connectivity index (χ0n) is 11.7. The topological polar surface area (TPSA) is 70.1 Å². The highest BCUT2D eigenvalue weighted by Gasteiger charge is 2.20. The van der Waals surface area contributed by atoms with E-state index in [0.29, 0.717) is 12.1 Å². The van der Waals surface area contributed by atoms with Crippen LogP contribution in [0.25, 0.3) is 0 Å². The molecule has 0 aliphatic rings. The Morgan fingerprint density at radius 2 is 1.95 bits per heavy atom. The van der Waals surface area contributed by atoms with Crippen LogP contribution in [0, 0.1) is 11.6 Å². The van der Waals surface area contributed by atoms with Gasteiger partial charge in [-0.3, -0.25) is 4.68 Å². The van der Waals surface area contributed by atoms with Crippen molar-refractivity contribution >= 4 is 11.7 Å². The van der Waals surface area contributed by atoms with Gasteiger partial charge in [0.1, 0.15) is 18.2 Å². The van der Waals surface area contributed by atoms with Crippen LogP contribution in [0.4, 0.5) is 14.5 Å². The SMILES string of the molecule is CCc1nn(C)c(C(=O)OCc2cc(F)cc(F)c2)c1N. The van der Waals surface area contributed by atoms with E-state index in [0.717, 1.165) is 18.2 Å². The van der Waals surface area contributed by atoms with E-state index in [1.54, 1.807) is 7.05 Å². The molecule has 0 fully saturated rings. The number of nitrogen functional groups attached to an aromatic ring is 1. The number of nitrogens with zero attached hydrogens (tertiary/aromatic N) is 2. The number of rotatable bonds is 4. The molecule has 21 heavy (non-hydrogen) atoms. The van der Waals surface area contributed by atoms with Crippen molar-refractivity contribution < 1.29 is 18.3 Å². The number of benzene rings is 1. The molecule has 2 N–H and O–H groups in total. The molecule has 1 aromatic carbocycles. The average molecular weight is 295 g/mol. The van der Waals surface area contributed by atoms with Crippen LogP contribution in [-0.4, -0.2) is 15.7 Å². The minimum absolute atomic E-state index is 0.128. The summed E-state index contributed by atoms with van der Waals surface area (Å²) in [4.78, 5) is 12.0. The summed E-state index contributed by atoms with van der Waals surface area (Å²) in [7, 11) is 1.58. The number of ether oxygens (including phenoxy) is 1. The number of hydrogen-bond donors (Lipinski definition) is 1. The number of halogens is 2. The summed E-state index contributed by atoms with van der Waals surface area (Å²) >= 11 is 0. The second kappa shape index (κ2) is 5.90. The Balaban J connectivity index is 2.13. The van der Waals surface area contributed by atoms with Gasteiger partial charge < -0.3 is 10.5 Å². The highest BCUT2D eigenvalue weighted by atomic mass is 19.1. The van der Waals surface area contributed by atoms with Crippen molar-refractivity contribution in [1.82, 2.24) is 9.78 Å². The summed E-state index contributed by atoms with van der Waals surface area (Å²) < 4.78 is 32.4. The Bertz CT molecular complexity index is 663. The van der Waals surface area contributed by atoms with Crippen LogP contribution in [0.3, 0.4) is 0 Å². The zero-order chi connectivity index (χ0) is 15.6. The van der Waals surface area contributed by atoms with Gasteiger partial charge in [0.15, 0.2) is 5.69 Å². The molecule has 1 aromatic heterocycles. The fourth-order valence-electron chi connectivity index (χ4n) is 2.01. The maximum Gasteiger partial charge on any atom is 0.359 e. The number of aryl methyl sites for hydroxylation is 2. The van der Waals surface area contributed by atoms with E-state index in [-0.39, 0.29) is 23.6 Å². The third-order valence-corrected chi connectivity index (χ3v) is 2.98. The van der Waals surface area contributed by atoms with E-state index in [1.807, 2.05) is 6.92 Å². The minimum atomic E-state index is -0.727. The van der Waals surface area contributed by atoms with Gasteiger partial charge >= 0.3 is 5.97 Å². The van der Waals surface area contributed by atoms with Crippen molar-refractivity contribution in [2.24, 2.45) is 7.05 Å². The highest BCUT2D eigenvalue weighted by molar-refractivity contribution is 5.93. The lowest BCUT2D eigenvalue weighted by atomic mass is 10.2. The van der Waals surface area contributed by atoms with Gasteiger partial charge in [-0.2, -0.15) is 5.10 Å². The number of nitrogens with two attached hydrogens (primary N) is 1. The Kier molecular flexibility index (Phi) is 4.21. The smallest absolute Gasteiger partial charge is 0.359 e. The van der Waals surface area contributed by atoms with Gasteiger partial charge in [-0.05, 0) is 24.1 Å². The van der Waals surface area contributed by atoms with Crippen LogP contribution in [-0.2, 0) is 24.8 Å². The Labute approximate surface area is 120 Å². The van der Waals surface area contributed by atoms with Gasteiger partial charge in [0.25, 0.3) is 0 Å². The van der Waals surface area contributed by atoms with Crippen LogP contribution in [0.1, 0.15) is 28.7 Å². The Morgan fingerprint density at radius 3 is 2.48 bits per heavy atom. The van der Waals surface area contributed by atoms with Crippen molar-refractivity contribution in [2.75, 3.05) is 5.73 Å². The Hall–Kier alpha value is -2.44. The predicted molar refractivity (Wildman–Crippen MR) is 72.5 cm³/mol. The van der Waals surface area contributed by atoms with E-state index < -0.39 is 17.6 Å². The number of anilines is 1. The van der Waals surface area contributed by atoms with Crippen molar-refractivity contribution in [2.45, 2.75) is 20.0 Å². The lowest BCUT2D eigenvalue weighted by molar-refractivity contribution is 0.0460. The molecule has 0 radical (unpaired) electrons. The molecular weight excluding hydrogens is 280 g/mol. The maximum atomic E-state index is 13.0. The highest BCUT2D eigenvalue weighted by Crippen LogP contribution is 2.18. The first-order chi connectivity index (χ1) is 9.92. The molecule has 0 aliphatic carbocycles. The number of aromatic nitrogens is 2. The van der Waals surface area contributed by atoms with Crippen molar-refractivity contribution in [3.63, 3.8) is 0 Å². The maximum absolute atomic E-state index is 13.0. The third-order valence-electron chi connectivity index (χ3n) is 2.98. The van der Waals surface area contributed by atoms with Gasteiger partial charge in [0.05, 0.1) is 11.4 Å². The Morgan fingerprint density at radius 1 is 1.33 bits per heavy atom. The number of carbonyl (C=O) groups excluding carboxylic acids is 1. The molecule has 0 atom stereocenters. The van der Waals surface area contributed by atoms with E-state index >= 15 is 0 Å². The minimum Gasteiger partial charge on any atom is -0.456 e. The molecule has 0 saturated heterocycles. The summed E-state index contributed by atoms with van der Waals surface area (Å²) in [5, 5.41) is 4.10. The molecule has 0 spiro atoms. The summed E-state index contributed by atoms with van der Waals surface area (Å²) in [5.41, 5.74) is 7.03. The largest absolute Gasteiger partial charge is 0.456 e. The van der Waals surface area contributed by atoms with Gasteiger partial charge in [0.2, 0.25) is 0 Å².